The van der Waals surface area contributed by atoms with Gasteiger partial charge in [0, 0.05) is 25.3 Å². The molecule has 0 saturated heterocycles. The van der Waals surface area contributed by atoms with E-state index in [1.165, 1.54) is 51.5 Å². The lowest BCUT2D eigenvalue weighted by atomic mass is 10.1. The Balaban J connectivity index is 2.18. The van der Waals surface area contributed by atoms with Crippen molar-refractivity contribution in [3.05, 3.63) is 59.7 Å². The van der Waals surface area contributed by atoms with Crippen LogP contribution in [0.1, 0.15) is 20.7 Å². The van der Waals surface area contributed by atoms with E-state index in [4.69, 9.17) is 0 Å². The Kier molecular flexibility index (Phi) is 5.55. The van der Waals surface area contributed by atoms with E-state index in [0.717, 1.165) is 4.31 Å². The summed E-state index contributed by atoms with van der Waals surface area (Å²) >= 11 is 0. The molecule has 0 aliphatic carbocycles. The number of nitrogens with zero attached hydrogens (tertiary/aromatic N) is 1. The molecule has 0 atom stereocenters. The highest BCUT2D eigenvalue weighted by Gasteiger charge is 2.17. The van der Waals surface area contributed by atoms with Crippen molar-refractivity contribution in [2.75, 3.05) is 26.5 Å². The van der Waals surface area contributed by atoms with Gasteiger partial charge < -0.3 is 10.1 Å². The molecule has 2 rings (SSSR count). The SMILES string of the molecule is COC(=O)c1cccc(C(=O)Nc2ccc(S(=O)(=O)N(C)C)cc2)c1. The molecule has 0 fully saturated rings. The second-order valence-corrected chi connectivity index (χ2v) is 7.49. The first kappa shape index (κ1) is 18.6. The highest BCUT2D eigenvalue weighted by Crippen LogP contribution is 2.17. The number of sulfonamides is 1. The Morgan fingerprint density at radius 1 is 1.00 bits per heavy atom. The van der Waals surface area contributed by atoms with E-state index in [9.17, 15) is 18.0 Å². The Labute approximate surface area is 146 Å². The maximum Gasteiger partial charge on any atom is 0.337 e. The molecule has 0 aromatic heterocycles. The molecule has 0 aliphatic rings. The summed E-state index contributed by atoms with van der Waals surface area (Å²) in [6, 6.07) is 11.9. The summed E-state index contributed by atoms with van der Waals surface area (Å²) in [5.41, 5.74) is 0.988. The van der Waals surface area contributed by atoms with Gasteiger partial charge in [-0.1, -0.05) is 6.07 Å². The molecule has 0 saturated carbocycles. The zero-order valence-electron chi connectivity index (χ0n) is 14.0. The van der Waals surface area contributed by atoms with Gasteiger partial charge in [0.1, 0.15) is 0 Å². The average Bonchev–Trinajstić information content (AvgIpc) is 2.61. The van der Waals surface area contributed by atoms with Crippen molar-refractivity contribution in [3.63, 3.8) is 0 Å². The minimum absolute atomic E-state index is 0.128. The summed E-state index contributed by atoms with van der Waals surface area (Å²) in [6.45, 7) is 0. The zero-order chi connectivity index (χ0) is 18.6. The number of rotatable bonds is 5. The standard InChI is InChI=1S/C17H18N2O5S/c1-19(2)25(22,23)15-9-7-14(8-10-15)18-16(20)12-5-4-6-13(11-12)17(21)24-3/h4-11H,1-3H3,(H,18,20). The largest absolute Gasteiger partial charge is 0.465 e. The van der Waals surface area contributed by atoms with Crippen LogP contribution in [0.3, 0.4) is 0 Å². The van der Waals surface area contributed by atoms with Gasteiger partial charge in [0.15, 0.2) is 0 Å². The van der Waals surface area contributed by atoms with Crippen LogP contribution >= 0.6 is 0 Å². The first-order valence-corrected chi connectivity index (χ1v) is 8.72. The van der Waals surface area contributed by atoms with E-state index in [1.54, 1.807) is 18.2 Å². The molecular weight excluding hydrogens is 344 g/mol. The predicted octanol–water partition coefficient (Wildman–Crippen LogP) is 1.98. The van der Waals surface area contributed by atoms with Crippen LogP contribution in [0, 0.1) is 0 Å². The first-order chi connectivity index (χ1) is 11.8. The normalized spacial score (nSPS) is 11.2. The Morgan fingerprint density at radius 2 is 1.60 bits per heavy atom. The topological polar surface area (TPSA) is 92.8 Å². The highest BCUT2D eigenvalue weighted by molar-refractivity contribution is 7.89. The van der Waals surface area contributed by atoms with Crippen molar-refractivity contribution in [2.45, 2.75) is 4.90 Å². The summed E-state index contributed by atoms with van der Waals surface area (Å²) in [4.78, 5) is 23.9. The Morgan fingerprint density at radius 3 is 2.16 bits per heavy atom. The van der Waals surface area contributed by atoms with E-state index >= 15 is 0 Å². The fourth-order valence-corrected chi connectivity index (χ4v) is 2.93. The van der Waals surface area contributed by atoms with E-state index < -0.39 is 21.9 Å². The summed E-state index contributed by atoms with van der Waals surface area (Å²) in [6.07, 6.45) is 0. The number of anilines is 1. The molecule has 1 N–H and O–H groups in total. The summed E-state index contributed by atoms with van der Waals surface area (Å²) in [7, 11) is 0.627. The van der Waals surface area contributed by atoms with Gasteiger partial charge in [0.25, 0.3) is 5.91 Å². The van der Waals surface area contributed by atoms with Crippen molar-refractivity contribution in [2.24, 2.45) is 0 Å². The van der Waals surface area contributed by atoms with Crippen LogP contribution < -0.4 is 5.32 Å². The van der Waals surface area contributed by atoms with Crippen LogP contribution in [0.2, 0.25) is 0 Å². The maximum absolute atomic E-state index is 12.3. The number of amides is 1. The quantitative estimate of drug-likeness (QED) is 0.821. The molecular formula is C17H18N2O5S. The lowest BCUT2D eigenvalue weighted by Crippen LogP contribution is -2.22. The molecule has 1 amide bonds. The van der Waals surface area contributed by atoms with Crippen LogP contribution in [0.5, 0.6) is 0 Å². The molecule has 2 aromatic carbocycles. The lowest BCUT2D eigenvalue weighted by Gasteiger charge is -2.12. The zero-order valence-corrected chi connectivity index (χ0v) is 14.8. The van der Waals surface area contributed by atoms with Crippen LogP contribution in [-0.2, 0) is 14.8 Å². The Hall–Kier alpha value is -2.71. The third-order valence-corrected chi connectivity index (χ3v) is 5.27. The monoisotopic (exact) mass is 362 g/mol. The van der Waals surface area contributed by atoms with E-state index in [1.807, 2.05) is 0 Å². The molecule has 0 heterocycles. The van der Waals surface area contributed by atoms with Gasteiger partial charge in [0.2, 0.25) is 10.0 Å². The van der Waals surface area contributed by atoms with Crippen LogP contribution in [0.4, 0.5) is 5.69 Å². The molecule has 0 radical (unpaired) electrons. The predicted molar refractivity (Wildman–Crippen MR) is 93.0 cm³/mol. The summed E-state index contributed by atoms with van der Waals surface area (Å²) in [5.74, 6) is -0.957. The number of carbonyl (C=O) groups excluding carboxylic acids is 2. The summed E-state index contributed by atoms with van der Waals surface area (Å²) < 4.78 is 29.8. The van der Waals surface area contributed by atoms with Crippen LogP contribution in [-0.4, -0.2) is 45.8 Å². The van der Waals surface area contributed by atoms with E-state index in [0.29, 0.717) is 5.69 Å². The smallest absolute Gasteiger partial charge is 0.337 e. The van der Waals surface area contributed by atoms with Crippen molar-refractivity contribution in [1.82, 2.24) is 4.31 Å². The number of benzene rings is 2. The first-order valence-electron chi connectivity index (χ1n) is 7.28. The number of methoxy groups -OCH3 is 1. The van der Waals surface area contributed by atoms with Crippen molar-refractivity contribution in [1.29, 1.82) is 0 Å². The van der Waals surface area contributed by atoms with Gasteiger partial charge in [-0.05, 0) is 42.5 Å². The van der Waals surface area contributed by atoms with Gasteiger partial charge >= 0.3 is 5.97 Å². The molecule has 25 heavy (non-hydrogen) atoms. The molecule has 0 bridgehead atoms. The Bertz CT molecular complexity index is 890. The van der Waals surface area contributed by atoms with Gasteiger partial charge in [-0.2, -0.15) is 0 Å². The molecule has 132 valence electrons. The average molecular weight is 362 g/mol. The van der Waals surface area contributed by atoms with Crippen LogP contribution in [0.25, 0.3) is 0 Å². The van der Waals surface area contributed by atoms with Crippen molar-refractivity contribution >= 4 is 27.6 Å². The minimum atomic E-state index is -3.52. The molecule has 0 unspecified atom stereocenters. The fourth-order valence-electron chi connectivity index (χ4n) is 2.03. The van der Waals surface area contributed by atoms with Crippen molar-refractivity contribution < 1.29 is 22.7 Å². The number of hydrogen-bond donors (Lipinski definition) is 1. The van der Waals surface area contributed by atoms with Crippen molar-refractivity contribution in [3.8, 4) is 0 Å². The second kappa shape index (κ2) is 7.45. The van der Waals surface area contributed by atoms with Gasteiger partial charge in [-0.15, -0.1) is 0 Å². The molecule has 0 spiro atoms. The van der Waals surface area contributed by atoms with Gasteiger partial charge in [-0.25, -0.2) is 17.5 Å². The van der Waals surface area contributed by atoms with E-state index in [2.05, 4.69) is 10.1 Å². The molecule has 8 heteroatoms. The number of hydrogen-bond acceptors (Lipinski definition) is 5. The number of ether oxygens (including phenoxy) is 1. The second-order valence-electron chi connectivity index (χ2n) is 5.34. The van der Waals surface area contributed by atoms with Gasteiger partial charge in [0.05, 0.1) is 17.6 Å². The lowest BCUT2D eigenvalue weighted by molar-refractivity contribution is 0.0600. The molecule has 0 aliphatic heterocycles. The fraction of sp³-hybridized carbons (Fsp3) is 0.176. The third kappa shape index (κ3) is 4.23. The van der Waals surface area contributed by atoms with E-state index in [-0.39, 0.29) is 16.0 Å². The van der Waals surface area contributed by atoms with Gasteiger partial charge in [-0.3, -0.25) is 4.79 Å². The third-order valence-electron chi connectivity index (χ3n) is 3.44. The highest BCUT2D eigenvalue weighted by atomic mass is 32.2. The molecule has 7 nitrogen and oxygen atoms in total. The summed E-state index contributed by atoms with van der Waals surface area (Å²) in [5, 5.41) is 2.65. The number of carbonyl (C=O) groups is 2. The number of esters is 1. The molecule has 2 aromatic rings. The van der Waals surface area contributed by atoms with Crippen LogP contribution in [0.15, 0.2) is 53.4 Å². The number of nitrogens with one attached hydrogen (secondary N) is 1. The minimum Gasteiger partial charge on any atom is -0.465 e. The maximum atomic E-state index is 12.3.